The van der Waals surface area contributed by atoms with Crippen LogP contribution in [-0.2, 0) is 11.3 Å². The van der Waals surface area contributed by atoms with E-state index in [1.807, 2.05) is 0 Å². The Labute approximate surface area is 173 Å². The molecule has 0 aliphatic heterocycles. The van der Waals surface area contributed by atoms with Gasteiger partial charge in [-0.25, -0.2) is 4.39 Å². The zero-order valence-corrected chi connectivity index (χ0v) is 16.8. The van der Waals surface area contributed by atoms with Crippen LogP contribution in [0.1, 0.15) is 16.1 Å². The quantitative estimate of drug-likeness (QED) is 0.452. The van der Waals surface area contributed by atoms with Gasteiger partial charge in [-0.3, -0.25) is 9.59 Å². The second-order valence-corrected chi connectivity index (χ2v) is 6.35. The fourth-order valence-corrected chi connectivity index (χ4v) is 3.00. The summed E-state index contributed by atoms with van der Waals surface area (Å²) in [6.07, 6.45) is 1.68. The highest BCUT2D eigenvalue weighted by molar-refractivity contribution is 6.46. The summed E-state index contributed by atoms with van der Waals surface area (Å²) in [4.78, 5) is 25.3. The zero-order valence-electron chi connectivity index (χ0n) is 16.8. The molecule has 3 aromatic rings. The first kappa shape index (κ1) is 20.9. The fraction of sp³-hybridized carbons (Fsp3) is 0.182. The van der Waals surface area contributed by atoms with Crippen LogP contribution < -0.4 is 19.5 Å². The van der Waals surface area contributed by atoms with Gasteiger partial charge in [0.25, 0.3) is 11.7 Å². The Morgan fingerprint density at radius 2 is 1.60 bits per heavy atom. The van der Waals surface area contributed by atoms with E-state index in [-0.39, 0.29) is 11.5 Å². The van der Waals surface area contributed by atoms with Crippen LogP contribution in [0.25, 0.3) is 0 Å². The highest BCUT2D eigenvalue weighted by Crippen LogP contribution is 2.39. The van der Waals surface area contributed by atoms with E-state index in [1.165, 1.54) is 45.6 Å². The van der Waals surface area contributed by atoms with Crippen LogP contribution in [0.2, 0.25) is 0 Å². The monoisotopic (exact) mass is 412 g/mol. The Morgan fingerprint density at radius 1 is 0.967 bits per heavy atom. The molecular weight excluding hydrogens is 391 g/mol. The van der Waals surface area contributed by atoms with E-state index < -0.39 is 11.7 Å². The van der Waals surface area contributed by atoms with Crippen LogP contribution in [-0.4, -0.2) is 37.6 Å². The fourth-order valence-electron chi connectivity index (χ4n) is 3.00. The molecule has 156 valence electrons. The highest BCUT2D eigenvalue weighted by atomic mass is 19.1. The molecule has 0 spiro atoms. The summed E-state index contributed by atoms with van der Waals surface area (Å²) in [6, 6.07) is 12.2. The number of Topliss-reactive ketones (excluding diaryl/α,β-unsaturated/α-hetero) is 1. The molecule has 0 saturated heterocycles. The topological polar surface area (TPSA) is 78.8 Å². The maximum atomic E-state index is 13.1. The van der Waals surface area contributed by atoms with Crippen LogP contribution >= 0.6 is 0 Å². The number of methoxy groups -OCH3 is 3. The molecule has 0 fully saturated rings. The number of benzene rings is 2. The van der Waals surface area contributed by atoms with Crippen molar-refractivity contribution in [1.29, 1.82) is 0 Å². The van der Waals surface area contributed by atoms with E-state index in [1.54, 1.807) is 35.0 Å². The van der Waals surface area contributed by atoms with Gasteiger partial charge in [0.2, 0.25) is 5.75 Å². The number of anilines is 1. The number of carbonyl (C=O) groups excluding carboxylic acids is 2. The number of carbonyl (C=O) groups is 2. The van der Waals surface area contributed by atoms with Crippen LogP contribution in [0.5, 0.6) is 17.2 Å². The van der Waals surface area contributed by atoms with Gasteiger partial charge in [-0.05, 0) is 29.8 Å². The van der Waals surface area contributed by atoms with Crippen LogP contribution in [0.3, 0.4) is 0 Å². The molecule has 1 aromatic heterocycles. The predicted molar refractivity (Wildman–Crippen MR) is 109 cm³/mol. The Bertz CT molecular complexity index is 1030. The summed E-state index contributed by atoms with van der Waals surface area (Å²) >= 11 is 0. The minimum atomic E-state index is -0.816. The molecule has 0 aliphatic carbocycles. The molecule has 0 atom stereocenters. The molecule has 1 N–H and O–H groups in total. The third kappa shape index (κ3) is 4.43. The molecule has 0 bridgehead atoms. The summed E-state index contributed by atoms with van der Waals surface area (Å²) in [7, 11) is 4.38. The lowest BCUT2D eigenvalue weighted by Gasteiger charge is -2.14. The first-order valence-corrected chi connectivity index (χ1v) is 9.02. The average Bonchev–Trinajstić information content (AvgIpc) is 3.21. The van der Waals surface area contributed by atoms with E-state index in [9.17, 15) is 14.0 Å². The Hall–Kier alpha value is -3.81. The molecular formula is C22H21FN2O5. The molecule has 0 aliphatic rings. The van der Waals surface area contributed by atoms with Crippen molar-refractivity contribution < 1.29 is 28.2 Å². The molecule has 3 rings (SSSR count). The highest BCUT2D eigenvalue weighted by Gasteiger charge is 2.21. The molecule has 8 heteroatoms. The number of amides is 1. The summed E-state index contributed by atoms with van der Waals surface area (Å²) in [5.74, 6) is -0.803. The van der Waals surface area contributed by atoms with Gasteiger partial charge in [-0.1, -0.05) is 12.1 Å². The Kier molecular flexibility index (Phi) is 6.36. The molecule has 30 heavy (non-hydrogen) atoms. The van der Waals surface area contributed by atoms with Crippen molar-refractivity contribution in [1.82, 2.24) is 4.57 Å². The van der Waals surface area contributed by atoms with Gasteiger partial charge in [-0.2, -0.15) is 0 Å². The van der Waals surface area contributed by atoms with Gasteiger partial charge >= 0.3 is 0 Å². The lowest BCUT2D eigenvalue weighted by Crippen LogP contribution is -2.25. The minimum Gasteiger partial charge on any atom is -0.493 e. The van der Waals surface area contributed by atoms with Crippen LogP contribution in [0, 0.1) is 5.82 Å². The third-order valence-electron chi connectivity index (χ3n) is 4.46. The molecule has 1 amide bonds. The summed E-state index contributed by atoms with van der Waals surface area (Å²) in [5, 5.41) is 2.56. The molecule has 0 radical (unpaired) electrons. The van der Waals surface area contributed by atoms with Crippen molar-refractivity contribution in [2.75, 3.05) is 26.6 Å². The van der Waals surface area contributed by atoms with Gasteiger partial charge in [0, 0.05) is 30.6 Å². The minimum absolute atomic E-state index is 0.212. The van der Waals surface area contributed by atoms with Gasteiger partial charge in [0.1, 0.15) is 5.82 Å². The van der Waals surface area contributed by atoms with Gasteiger partial charge in [0.15, 0.2) is 11.5 Å². The van der Waals surface area contributed by atoms with Crippen LogP contribution in [0.4, 0.5) is 10.1 Å². The van der Waals surface area contributed by atoms with Crippen molar-refractivity contribution in [2.45, 2.75) is 6.54 Å². The average molecular weight is 412 g/mol. The second kappa shape index (κ2) is 9.13. The number of ether oxygens (including phenoxy) is 3. The van der Waals surface area contributed by atoms with Gasteiger partial charge in [-0.15, -0.1) is 0 Å². The summed E-state index contributed by atoms with van der Waals surface area (Å²) in [6.45, 7) is 0.325. The van der Waals surface area contributed by atoms with Crippen molar-refractivity contribution in [2.24, 2.45) is 0 Å². The van der Waals surface area contributed by atoms with E-state index in [4.69, 9.17) is 14.2 Å². The van der Waals surface area contributed by atoms with Crippen molar-refractivity contribution in [3.8, 4) is 17.2 Å². The van der Waals surface area contributed by atoms with Gasteiger partial charge in [0.05, 0.1) is 27.0 Å². The number of halogens is 1. The lowest BCUT2D eigenvalue weighted by atomic mass is 10.2. The lowest BCUT2D eigenvalue weighted by molar-refractivity contribution is -0.112. The number of nitrogens with one attached hydrogen (secondary N) is 1. The van der Waals surface area contributed by atoms with Crippen LogP contribution in [0.15, 0.2) is 54.7 Å². The Balaban J connectivity index is 1.80. The first-order chi connectivity index (χ1) is 14.5. The molecule has 0 saturated carbocycles. The largest absolute Gasteiger partial charge is 0.493 e. The number of hydrogen-bond donors (Lipinski definition) is 1. The summed E-state index contributed by atoms with van der Waals surface area (Å²) in [5.41, 5.74) is 1.33. The van der Waals surface area contributed by atoms with E-state index in [0.717, 1.165) is 5.56 Å². The third-order valence-corrected chi connectivity index (χ3v) is 4.46. The molecule has 1 heterocycles. The SMILES string of the molecule is COc1cc(NC(=O)C(=O)c2cccn2Cc2ccc(F)cc2)cc(OC)c1OC. The van der Waals surface area contributed by atoms with E-state index >= 15 is 0 Å². The molecule has 0 unspecified atom stereocenters. The zero-order chi connectivity index (χ0) is 21.7. The van der Waals surface area contributed by atoms with Crippen molar-refractivity contribution >= 4 is 17.4 Å². The molecule has 7 nitrogen and oxygen atoms in total. The van der Waals surface area contributed by atoms with Crippen molar-refractivity contribution in [3.63, 3.8) is 0 Å². The number of nitrogens with zero attached hydrogens (tertiary/aromatic N) is 1. The number of hydrogen-bond acceptors (Lipinski definition) is 5. The normalized spacial score (nSPS) is 10.4. The summed E-state index contributed by atoms with van der Waals surface area (Å²) < 4.78 is 30.5. The van der Waals surface area contributed by atoms with Gasteiger partial charge < -0.3 is 24.1 Å². The first-order valence-electron chi connectivity index (χ1n) is 9.02. The van der Waals surface area contributed by atoms with Crippen molar-refractivity contribution in [3.05, 3.63) is 71.8 Å². The van der Waals surface area contributed by atoms with E-state index in [2.05, 4.69) is 5.32 Å². The van der Waals surface area contributed by atoms with E-state index in [0.29, 0.717) is 29.5 Å². The Morgan fingerprint density at radius 3 is 2.17 bits per heavy atom. The number of rotatable bonds is 8. The standard InChI is InChI=1S/C22H21FN2O5/c1-28-18-11-16(12-19(29-2)21(18)30-3)24-22(27)20(26)17-5-4-10-25(17)13-14-6-8-15(23)9-7-14/h4-12H,13H2,1-3H3,(H,24,27). The maximum absolute atomic E-state index is 13.1. The molecule has 2 aromatic carbocycles. The number of ketones is 1. The second-order valence-electron chi connectivity index (χ2n) is 6.35. The smallest absolute Gasteiger partial charge is 0.298 e. The predicted octanol–water partition coefficient (Wildman–Crippen LogP) is 3.52. The number of aromatic nitrogens is 1. The maximum Gasteiger partial charge on any atom is 0.298 e.